The van der Waals surface area contributed by atoms with Gasteiger partial charge in [0.1, 0.15) is 6.10 Å². The second kappa shape index (κ2) is 4.56. The molecule has 16 heavy (non-hydrogen) atoms. The molecule has 0 bridgehead atoms. The molecular formula is C13H12ClNO. The summed E-state index contributed by atoms with van der Waals surface area (Å²) < 4.78 is 0. The smallest absolute Gasteiger partial charge is 0.106 e. The molecular weight excluding hydrogens is 222 g/mol. The summed E-state index contributed by atoms with van der Waals surface area (Å²) in [6.07, 6.45) is -0.739. The molecule has 0 saturated carbocycles. The van der Waals surface area contributed by atoms with E-state index in [2.05, 4.69) is 0 Å². The predicted molar refractivity (Wildman–Crippen MR) is 66.4 cm³/mol. The van der Waals surface area contributed by atoms with Crippen molar-refractivity contribution >= 4 is 17.3 Å². The summed E-state index contributed by atoms with van der Waals surface area (Å²) in [5.41, 5.74) is 7.70. The van der Waals surface area contributed by atoms with Crippen LogP contribution in [0, 0.1) is 0 Å². The first kappa shape index (κ1) is 11.0. The SMILES string of the molecule is Nc1ccc(Cl)c(C(O)c2ccccc2)c1. The lowest BCUT2D eigenvalue weighted by atomic mass is 10.0. The van der Waals surface area contributed by atoms with E-state index in [4.69, 9.17) is 17.3 Å². The van der Waals surface area contributed by atoms with Gasteiger partial charge >= 0.3 is 0 Å². The molecule has 3 N–H and O–H groups in total. The quantitative estimate of drug-likeness (QED) is 0.784. The minimum Gasteiger partial charge on any atom is -0.399 e. The minimum absolute atomic E-state index is 0.519. The van der Waals surface area contributed by atoms with E-state index in [1.54, 1.807) is 18.2 Å². The third kappa shape index (κ3) is 2.18. The van der Waals surface area contributed by atoms with Crippen molar-refractivity contribution in [2.75, 3.05) is 5.73 Å². The number of anilines is 1. The summed E-state index contributed by atoms with van der Waals surface area (Å²) in [6, 6.07) is 14.4. The summed E-state index contributed by atoms with van der Waals surface area (Å²) in [7, 11) is 0. The Kier molecular flexibility index (Phi) is 3.13. The van der Waals surface area contributed by atoms with Crippen molar-refractivity contribution < 1.29 is 5.11 Å². The summed E-state index contributed by atoms with van der Waals surface area (Å²) in [5.74, 6) is 0. The number of rotatable bonds is 2. The lowest BCUT2D eigenvalue weighted by molar-refractivity contribution is 0.220. The van der Waals surface area contributed by atoms with Crippen LogP contribution in [0.15, 0.2) is 48.5 Å². The normalized spacial score (nSPS) is 12.4. The molecule has 0 amide bonds. The third-order valence-corrected chi connectivity index (χ3v) is 2.77. The standard InChI is InChI=1S/C13H12ClNO/c14-12-7-6-10(15)8-11(12)13(16)9-4-2-1-3-5-9/h1-8,13,16H,15H2. The Bertz CT molecular complexity index is 485. The van der Waals surface area contributed by atoms with E-state index in [1.165, 1.54) is 0 Å². The molecule has 82 valence electrons. The zero-order valence-corrected chi connectivity index (χ0v) is 9.35. The number of hydrogen-bond acceptors (Lipinski definition) is 2. The molecule has 0 aliphatic carbocycles. The fraction of sp³-hybridized carbons (Fsp3) is 0.0769. The second-order valence-corrected chi connectivity index (χ2v) is 4.00. The van der Waals surface area contributed by atoms with Crippen molar-refractivity contribution in [3.05, 3.63) is 64.7 Å². The molecule has 0 aliphatic rings. The highest BCUT2D eigenvalue weighted by Crippen LogP contribution is 2.29. The molecule has 0 heterocycles. The third-order valence-electron chi connectivity index (χ3n) is 2.43. The van der Waals surface area contributed by atoms with Crippen molar-refractivity contribution in [1.29, 1.82) is 0 Å². The maximum absolute atomic E-state index is 10.2. The molecule has 0 aromatic heterocycles. The molecule has 0 fully saturated rings. The summed E-state index contributed by atoms with van der Waals surface area (Å²) in [5, 5.41) is 10.7. The molecule has 2 aromatic carbocycles. The van der Waals surface area contributed by atoms with E-state index in [-0.39, 0.29) is 0 Å². The number of halogens is 1. The van der Waals surface area contributed by atoms with Crippen LogP contribution in [0.1, 0.15) is 17.2 Å². The Balaban J connectivity index is 2.41. The lowest BCUT2D eigenvalue weighted by Gasteiger charge is -2.13. The Morgan fingerprint density at radius 2 is 1.75 bits per heavy atom. The first-order valence-corrected chi connectivity index (χ1v) is 5.34. The van der Waals surface area contributed by atoms with Gasteiger partial charge in [-0.2, -0.15) is 0 Å². The molecule has 0 spiro atoms. The Hall–Kier alpha value is -1.51. The predicted octanol–water partition coefficient (Wildman–Crippen LogP) is 3.00. The molecule has 0 saturated heterocycles. The first-order chi connectivity index (χ1) is 7.68. The molecule has 2 aromatic rings. The summed E-state index contributed by atoms with van der Waals surface area (Å²) in [4.78, 5) is 0. The fourth-order valence-corrected chi connectivity index (χ4v) is 1.81. The fourth-order valence-electron chi connectivity index (χ4n) is 1.59. The number of nitrogen functional groups attached to an aromatic ring is 1. The Morgan fingerprint density at radius 1 is 1.06 bits per heavy atom. The molecule has 2 rings (SSSR count). The van der Waals surface area contributed by atoms with E-state index < -0.39 is 6.10 Å². The van der Waals surface area contributed by atoms with Gasteiger partial charge in [0.15, 0.2) is 0 Å². The van der Waals surface area contributed by atoms with Crippen molar-refractivity contribution in [1.82, 2.24) is 0 Å². The van der Waals surface area contributed by atoms with Gasteiger partial charge in [0, 0.05) is 16.3 Å². The lowest BCUT2D eigenvalue weighted by Crippen LogP contribution is -2.01. The maximum Gasteiger partial charge on any atom is 0.106 e. The highest BCUT2D eigenvalue weighted by molar-refractivity contribution is 6.31. The van der Waals surface area contributed by atoms with Crippen LogP contribution in [0.25, 0.3) is 0 Å². The van der Waals surface area contributed by atoms with Gasteiger partial charge in [-0.3, -0.25) is 0 Å². The van der Waals surface area contributed by atoms with Crippen LogP contribution in [0.3, 0.4) is 0 Å². The highest BCUT2D eigenvalue weighted by atomic mass is 35.5. The van der Waals surface area contributed by atoms with E-state index in [0.29, 0.717) is 16.3 Å². The van der Waals surface area contributed by atoms with Gasteiger partial charge in [0.2, 0.25) is 0 Å². The molecule has 0 aliphatic heterocycles. The average Bonchev–Trinajstić information content (AvgIpc) is 2.32. The Morgan fingerprint density at radius 3 is 2.44 bits per heavy atom. The van der Waals surface area contributed by atoms with E-state index in [0.717, 1.165) is 5.56 Å². The second-order valence-electron chi connectivity index (χ2n) is 3.59. The van der Waals surface area contributed by atoms with Crippen LogP contribution < -0.4 is 5.73 Å². The molecule has 1 atom stereocenters. The van der Waals surface area contributed by atoms with Crippen molar-refractivity contribution in [3.63, 3.8) is 0 Å². The van der Waals surface area contributed by atoms with Gasteiger partial charge < -0.3 is 10.8 Å². The number of aliphatic hydroxyl groups excluding tert-OH is 1. The van der Waals surface area contributed by atoms with Gasteiger partial charge in [-0.05, 0) is 23.8 Å². The monoisotopic (exact) mass is 233 g/mol. The van der Waals surface area contributed by atoms with Crippen LogP contribution in [-0.2, 0) is 0 Å². The van der Waals surface area contributed by atoms with Crippen LogP contribution >= 0.6 is 11.6 Å². The van der Waals surface area contributed by atoms with Gasteiger partial charge in [0.05, 0.1) is 0 Å². The van der Waals surface area contributed by atoms with Gasteiger partial charge in [-0.1, -0.05) is 41.9 Å². The average molecular weight is 234 g/mol. The van der Waals surface area contributed by atoms with Crippen molar-refractivity contribution in [2.45, 2.75) is 6.10 Å². The maximum atomic E-state index is 10.2. The van der Waals surface area contributed by atoms with E-state index >= 15 is 0 Å². The van der Waals surface area contributed by atoms with Crippen molar-refractivity contribution in [2.24, 2.45) is 0 Å². The van der Waals surface area contributed by atoms with Gasteiger partial charge in [-0.15, -0.1) is 0 Å². The van der Waals surface area contributed by atoms with Crippen LogP contribution in [0.2, 0.25) is 5.02 Å². The number of hydrogen-bond donors (Lipinski definition) is 2. The van der Waals surface area contributed by atoms with Gasteiger partial charge in [-0.25, -0.2) is 0 Å². The molecule has 1 unspecified atom stereocenters. The minimum atomic E-state index is -0.739. The number of nitrogens with two attached hydrogens (primary N) is 1. The van der Waals surface area contributed by atoms with E-state index in [1.807, 2.05) is 30.3 Å². The number of benzene rings is 2. The van der Waals surface area contributed by atoms with Gasteiger partial charge in [0.25, 0.3) is 0 Å². The summed E-state index contributed by atoms with van der Waals surface area (Å²) >= 11 is 6.03. The molecule has 3 heteroatoms. The Labute approximate surface area is 99.3 Å². The van der Waals surface area contributed by atoms with Crippen molar-refractivity contribution in [3.8, 4) is 0 Å². The highest BCUT2D eigenvalue weighted by Gasteiger charge is 2.13. The molecule has 0 radical (unpaired) electrons. The van der Waals surface area contributed by atoms with Crippen LogP contribution in [0.5, 0.6) is 0 Å². The zero-order chi connectivity index (χ0) is 11.5. The van der Waals surface area contributed by atoms with E-state index in [9.17, 15) is 5.11 Å². The first-order valence-electron chi connectivity index (χ1n) is 4.96. The van der Waals surface area contributed by atoms with Crippen LogP contribution in [0.4, 0.5) is 5.69 Å². The number of aliphatic hydroxyl groups is 1. The topological polar surface area (TPSA) is 46.2 Å². The zero-order valence-electron chi connectivity index (χ0n) is 8.60. The summed E-state index contributed by atoms with van der Waals surface area (Å²) in [6.45, 7) is 0. The van der Waals surface area contributed by atoms with Crippen LogP contribution in [-0.4, -0.2) is 5.11 Å². The molecule has 2 nitrogen and oxygen atoms in total. The largest absolute Gasteiger partial charge is 0.399 e.